The first-order valence-electron chi connectivity index (χ1n) is 7.45. The van der Waals surface area contributed by atoms with E-state index in [1.54, 1.807) is 4.68 Å². The van der Waals surface area contributed by atoms with Crippen LogP contribution in [0.25, 0.3) is 11.1 Å². The average molecular weight is 319 g/mol. The molecule has 1 aromatic carbocycles. The third-order valence-electron chi connectivity index (χ3n) is 4.17. The molecule has 0 unspecified atom stereocenters. The van der Waals surface area contributed by atoms with Gasteiger partial charge in [0.1, 0.15) is 0 Å². The van der Waals surface area contributed by atoms with E-state index in [0.29, 0.717) is 12.3 Å². The molecule has 1 aromatic heterocycles. The second-order valence-corrected chi connectivity index (χ2v) is 8.30. The standard InChI is InChI=1S/C16H21N3O2S/c1-12-10-22(20,21)11-16(12)17-7-13-4-3-5-14(6-13)15-8-18-19(2)9-15/h3-6,8-9,12,16-17H,7,10-11H2,1-2H3/t12-,16+/m0/s1. The zero-order chi connectivity index (χ0) is 15.7. The number of sulfone groups is 1. The van der Waals surface area contributed by atoms with Gasteiger partial charge in [0, 0.05) is 31.4 Å². The molecule has 6 heteroatoms. The average Bonchev–Trinajstić information content (AvgIpc) is 3.00. The van der Waals surface area contributed by atoms with Crippen LogP contribution in [-0.2, 0) is 23.4 Å². The lowest BCUT2D eigenvalue weighted by atomic mass is 10.0. The molecule has 2 aromatic rings. The van der Waals surface area contributed by atoms with E-state index < -0.39 is 9.84 Å². The van der Waals surface area contributed by atoms with Crippen LogP contribution in [0, 0.1) is 5.92 Å². The summed E-state index contributed by atoms with van der Waals surface area (Å²) in [6, 6.07) is 8.31. The van der Waals surface area contributed by atoms with Gasteiger partial charge in [0.15, 0.2) is 9.84 Å². The molecule has 1 N–H and O–H groups in total. The van der Waals surface area contributed by atoms with Crippen LogP contribution in [0.2, 0.25) is 0 Å². The molecule has 2 heterocycles. The number of rotatable bonds is 4. The Morgan fingerprint density at radius 1 is 1.32 bits per heavy atom. The Bertz CT molecular complexity index is 767. The highest BCUT2D eigenvalue weighted by Gasteiger charge is 2.34. The van der Waals surface area contributed by atoms with Gasteiger partial charge in [0.25, 0.3) is 0 Å². The van der Waals surface area contributed by atoms with Gasteiger partial charge in [-0.15, -0.1) is 0 Å². The minimum absolute atomic E-state index is 0.0482. The first-order chi connectivity index (χ1) is 10.4. The number of aromatic nitrogens is 2. The Balaban J connectivity index is 1.69. The minimum atomic E-state index is -2.87. The van der Waals surface area contributed by atoms with Crippen molar-refractivity contribution in [3.63, 3.8) is 0 Å². The fraction of sp³-hybridized carbons (Fsp3) is 0.438. The summed E-state index contributed by atoms with van der Waals surface area (Å²) < 4.78 is 25.1. The number of hydrogen-bond donors (Lipinski definition) is 1. The lowest BCUT2D eigenvalue weighted by Crippen LogP contribution is -2.34. The van der Waals surface area contributed by atoms with Crippen molar-refractivity contribution in [2.75, 3.05) is 11.5 Å². The third-order valence-corrected chi connectivity index (χ3v) is 6.07. The predicted molar refractivity (Wildman–Crippen MR) is 87.1 cm³/mol. The van der Waals surface area contributed by atoms with Crippen LogP contribution in [-0.4, -0.2) is 35.7 Å². The molecule has 5 nitrogen and oxygen atoms in total. The Morgan fingerprint density at radius 2 is 2.14 bits per heavy atom. The second kappa shape index (κ2) is 5.85. The Labute approximate surface area is 131 Å². The van der Waals surface area contributed by atoms with Gasteiger partial charge in [-0.05, 0) is 23.1 Å². The van der Waals surface area contributed by atoms with Crippen molar-refractivity contribution in [2.24, 2.45) is 13.0 Å². The van der Waals surface area contributed by atoms with Crippen LogP contribution in [0.4, 0.5) is 0 Å². The smallest absolute Gasteiger partial charge is 0.152 e. The fourth-order valence-corrected chi connectivity index (χ4v) is 5.13. The summed E-state index contributed by atoms with van der Waals surface area (Å²) in [6.07, 6.45) is 3.83. The van der Waals surface area contributed by atoms with E-state index >= 15 is 0 Å². The van der Waals surface area contributed by atoms with Gasteiger partial charge in [0.05, 0.1) is 17.7 Å². The molecule has 1 saturated heterocycles. The zero-order valence-corrected chi connectivity index (χ0v) is 13.7. The molecule has 2 atom stereocenters. The lowest BCUT2D eigenvalue weighted by Gasteiger charge is -2.16. The number of nitrogens with zero attached hydrogens (tertiary/aromatic N) is 2. The molecule has 0 bridgehead atoms. The zero-order valence-electron chi connectivity index (χ0n) is 12.9. The highest BCUT2D eigenvalue weighted by atomic mass is 32.2. The summed E-state index contributed by atoms with van der Waals surface area (Å²) in [6.45, 7) is 2.67. The summed E-state index contributed by atoms with van der Waals surface area (Å²) in [7, 11) is -0.971. The summed E-state index contributed by atoms with van der Waals surface area (Å²) >= 11 is 0. The molecule has 0 spiro atoms. The molecule has 22 heavy (non-hydrogen) atoms. The van der Waals surface area contributed by atoms with E-state index in [-0.39, 0.29) is 17.7 Å². The summed E-state index contributed by atoms with van der Waals surface area (Å²) in [5, 5.41) is 7.58. The first-order valence-corrected chi connectivity index (χ1v) is 9.27. The van der Waals surface area contributed by atoms with Gasteiger partial charge in [-0.25, -0.2) is 8.42 Å². The van der Waals surface area contributed by atoms with Crippen LogP contribution in [0.15, 0.2) is 36.7 Å². The molecular formula is C16H21N3O2S. The number of aryl methyl sites for hydroxylation is 1. The molecule has 0 aliphatic carbocycles. The van der Waals surface area contributed by atoms with Crippen LogP contribution in [0.5, 0.6) is 0 Å². The Kier molecular flexibility index (Phi) is 4.06. The van der Waals surface area contributed by atoms with Crippen molar-refractivity contribution in [1.29, 1.82) is 0 Å². The highest BCUT2D eigenvalue weighted by Crippen LogP contribution is 2.21. The minimum Gasteiger partial charge on any atom is -0.309 e. The van der Waals surface area contributed by atoms with Gasteiger partial charge in [-0.2, -0.15) is 5.10 Å². The van der Waals surface area contributed by atoms with Crippen molar-refractivity contribution in [3.8, 4) is 11.1 Å². The molecule has 118 valence electrons. The number of hydrogen-bond acceptors (Lipinski definition) is 4. The van der Waals surface area contributed by atoms with Crippen LogP contribution in [0.3, 0.4) is 0 Å². The van der Waals surface area contributed by atoms with Crippen molar-refractivity contribution >= 4 is 9.84 Å². The topological polar surface area (TPSA) is 64.0 Å². The molecule has 3 rings (SSSR count). The maximum absolute atomic E-state index is 11.7. The molecular weight excluding hydrogens is 298 g/mol. The normalized spacial score (nSPS) is 23.7. The van der Waals surface area contributed by atoms with E-state index in [4.69, 9.17) is 0 Å². The van der Waals surface area contributed by atoms with Gasteiger partial charge >= 0.3 is 0 Å². The van der Waals surface area contributed by atoms with E-state index in [2.05, 4.69) is 28.6 Å². The second-order valence-electron chi connectivity index (χ2n) is 6.14. The summed E-state index contributed by atoms with van der Waals surface area (Å²) in [4.78, 5) is 0. The van der Waals surface area contributed by atoms with Gasteiger partial charge in [-0.3, -0.25) is 4.68 Å². The molecule has 1 aliphatic rings. The summed E-state index contributed by atoms with van der Waals surface area (Å²) in [5.41, 5.74) is 3.36. The quantitative estimate of drug-likeness (QED) is 0.930. The van der Waals surface area contributed by atoms with Crippen molar-refractivity contribution in [2.45, 2.75) is 19.5 Å². The monoisotopic (exact) mass is 319 g/mol. The predicted octanol–water partition coefficient (Wildman–Crippen LogP) is 1.61. The fourth-order valence-electron chi connectivity index (χ4n) is 2.96. The number of nitrogens with one attached hydrogen (secondary N) is 1. The van der Waals surface area contributed by atoms with Gasteiger partial charge < -0.3 is 5.32 Å². The molecule has 0 radical (unpaired) electrons. The maximum atomic E-state index is 11.7. The molecule has 1 fully saturated rings. The Morgan fingerprint density at radius 3 is 2.77 bits per heavy atom. The molecule has 0 saturated carbocycles. The lowest BCUT2D eigenvalue weighted by molar-refractivity contribution is 0.453. The SMILES string of the molecule is C[C@H]1CS(=O)(=O)C[C@H]1NCc1cccc(-c2cnn(C)c2)c1. The number of benzene rings is 1. The van der Waals surface area contributed by atoms with E-state index in [0.717, 1.165) is 16.7 Å². The largest absolute Gasteiger partial charge is 0.309 e. The van der Waals surface area contributed by atoms with Crippen LogP contribution < -0.4 is 5.32 Å². The van der Waals surface area contributed by atoms with Crippen molar-refractivity contribution < 1.29 is 8.42 Å². The third kappa shape index (κ3) is 3.39. The first kappa shape index (κ1) is 15.2. The van der Waals surface area contributed by atoms with E-state index in [9.17, 15) is 8.42 Å². The van der Waals surface area contributed by atoms with Crippen LogP contribution >= 0.6 is 0 Å². The van der Waals surface area contributed by atoms with Crippen molar-refractivity contribution in [3.05, 3.63) is 42.2 Å². The molecule has 1 aliphatic heterocycles. The molecule has 0 amide bonds. The summed E-state index contributed by atoms with van der Waals surface area (Å²) in [5.74, 6) is 0.711. The van der Waals surface area contributed by atoms with E-state index in [1.807, 2.05) is 32.4 Å². The van der Waals surface area contributed by atoms with Crippen molar-refractivity contribution in [1.82, 2.24) is 15.1 Å². The highest BCUT2D eigenvalue weighted by molar-refractivity contribution is 7.91. The van der Waals surface area contributed by atoms with Crippen LogP contribution in [0.1, 0.15) is 12.5 Å². The maximum Gasteiger partial charge on any atom is 0.152 e. The van der Waals surface area contributed by atoms with E-state index in [1.165, 1.54) is 0 Å². The van der Waals surface area contributed by atoms with Gasteiger partial charge in [-0.1, -0.05) is 25.1 Å². The Hall–Kier alpha value is -1.66. The van der Waals surface area contributed by atoms with Gasteiger partial charge in [0.2, 0.25) is 0 Å².